The van der Waals surface area contributed by atoms with Crippen LogP contribution in [0, 0.1) is 0 Å². The smallest absolute Gasteiger partial charge is 0.421 e. The van der Waals surface area contributed by atoms with Crippen LogP contribution in [0.3, 0.4) is 0 Å². The number of nitrogens with zero attached hydrogens (tertiary/aromatic N) is 4. The van der Waals surface area contributed by atoms with Crippen LogP contribution in [0.25, 0.3) is 0 Å². The number of aromatic nitrogens is 3. The van der Waals surface area contributed by atoms with E-state index in [0.717, 1.165) is 19.2 Å². The molecule has 2 aromatic heterocycles. The molecule has 0 fully saturated rings. The number of carbonyl (C=O) groups is 2. The van der Waals surface area contributed by atoms with E-state index in [1.165, 1.54) is 15.8 Å². The molecule has 0 aliphatic carbocycles. The van der Waals surface area contributed by atoms with Gasteiger partial charge in [0.25, 0.3) is 11.8 Å². The highest BCUT2D eigenvalue weighted by Crippen LogP contribution is 2.37. The van der Waals surface area contributed by atoms with E-state index in [2.05, 4.69) is 15.4 Å². The van der Waals surface area contributed by atoms with Crippen LogP contribution in [0.5, 0.6) is 5.88 Å². The molecular formula is C21H18F3N5O3. The van der Waals surface area contributed by atoms with Crippen LogP contribution in [0.1, 0.15) is 39.4 Å². The molecule has 3 aromatic rings. The average molecular weight is 445 g/mol. The topological polar surface area (TPSA) is 89.3 Å². The number of benzene rings is 1. The molecule has 1 atom stereocenters. The fourth-order valence-electron chi connectivity index (χ4n) is 3.49. The lowest BCUT2D eigenvalue weighted by Crippen LogP contribution is -2.43. The quantitative estimate of drug-likeness (QED) is 0.660. The summed E-state index contributed by atoms with van der Waals surface area (Å²) in [6, 6.07) is 10.1. The Morgan fingerprint density at radius 2 is 1.91 bits per heavy atom. The number of methoxy groups -OCH3 is 1. The Bertz CT molecular complexity index is 1180. The van der Waals surface area contributed by atoms with Crippen molar-refractivity contribution < 1.29 is 27.5 Å². The summed E-state index contributed by atoms with van der Waals surface area (Å²) in [4.78, 5) is 30.9. The van der Waals surface area contributed by atoms with E-state index in [1.807, 2.05) is 0 Å². The second-order valence-corrected chi connectivity index (χ2v) is 7.16. The van der Waals surface area contributed by atoms with Crippen molar-refractivity contribution in [2.24, 2.45) is 0 Å². The number of halogens is 3. The summed E-state index contributed by atoms with van der Waals surface area (Å²) in [6.45, 7) is 1.92. The van der Waals surface area contributed by atoms with E-state index in [4.69, 9.17) is 4.74 Å². The van der Waals surface area contributed by atoms with Gasteiger partial charge in [0.1, 0.15) is 11.4 Å². The molecule has 0 spiro atoms. The minimum Gasteiger partial charge on any atom is -0.481 e. The standard InChI is InChI=1S/C21H18F3N5O3/c1-12-11-28(16-9-8-14(21(22,23)24)19(27-16)32-2)20(31)17-15(10-25-29(12)17)26-18(30)13-6-4-3-5-7-13/h3-10,12H,11H2,1-2H3,(H,26,30)/t12-/m0/s1. The van der Waals surface area contributed by atoms with Crippen molar-refractivity contribution in [2.75, 3.05) is 23.9 Å². The van der Waals surface area contributed by atoms with Gasteiger partial charge >= 0.3 is 6.18 Å². The molecule has 4 rings (SSSR count). The van der Waals surface area contributed by atoms with Gasteiger partial charge in [0, 0.05) is 12.1 Å². The zero-order valence-corrected chi connectivity index (χ0v) is 17.1. The largest absolute Gasteiger partial charge is 0.481 e. The van der Waals surface area contributed by atoms with Crippen LogP contribution in [0.4, 0.5) is 24.7 Å². The molecule has 3 heterocycles. The number of hydrogen-bond acceptors (Lipinski definition) is 5. The van der Waals surface area contributed by atoms with Gasteiger partial charge in [0.2, 0.25) is 5.88 Å². The van der Waals surface area contributed by atoms with E-state index < -0.39 is 29.4 Å². The third-order valence-electron chi connectivity index (χ3n) is 5.01. The van der Waals surface area contributed by atoms with Gasteiger partial charge in [0.15, 0.2) is 5.69 Å². The van der Waals surface area contributed by atoms with Gasteiger partial charge < -0.3 is 10.1 Å². The Morgan fingerprint density at radius 3 is 2.56 bits per heavy atom. The molecule has 0 saturated carbocycles. The highest BCUT2D eigenvalue weighted by atomic mass is 19.4. The normalized spacial score (nSPS) is 16.0. The van der Waals surface area contributed by atoms with E-state index >= 15 is 0 Å². The number of fused-ring (bicyclic) bond motifs is 1. The van der Waals surface area contributed by atoms with Crippen LogP contribution >= 0.6 is 0 Å². The van der Waals surface area contributed by atoms with Gasteiger partial charge in [0.05, 0.1) is 25.0 Å². The van der Waals surface area contributed by atoms with Gasteiger partial charge in [-0.2, -0.15) is 23.3 Å². The van der Waals surface area contributed by atoms with Crippen molar-refractivity contribution in [3.05, 3.63) is 65.5 Å². The SMILES string of the molecule is COc1nc(N2C[C@H](C)n3ncc(NC(=O)c4ccccc4)c3C2=O)ccc1C(F)(F)F. The summed E-state index contributed by atoms with van der Waals surface area (Å²) in [7, 11) is 1.08. The average Bonchev–Trinajstić information content (AvgIpc) is 3.20. The zero-order chi connectivity index (χ0) is 23.0. The van der Waals surface area contributed by atoms with Crippen molar-refractivity contribution in [2.45, 2.75) is 19.1 Å². The molecule has 2 amide bonds. The van der Waals surface area contributed by atoms with E-state index in [9.17, 15) is 22.8 Å². The minimum atomic E-state index is -4.65. The van der Waals surface area contributed by atoms with Crippen molar-refractivity contribution in [1.29, 1.82) is 0 Å². The minimum absolute atomic E-state index is 0.000476. The molecule has 32 heavy (non-hydrogen) atoms. The summed E-state index contributed by atoms with van der Waals surface area (Å²) in [5, 5.41) is 6.88. The molecule has 1 aromatic carbocycles. The Labute approximate surface area is 180 Å². The Balaban J connectivity index is 1.68. The number of alkyl halides is 3. The summed E-state index contributed by atoms with van der Waals surface area (Å²) in [6.07, 6.45) is -3.28. The third kappa shape index (κ3) is 3.77. The number of ether oxygens (including phenoxy) is 1. The van der Waals surface area contributed by atoms with Crippen molar-refractivity contribution in [1.82, 2.24) is 14.8 Å². The lowest BCUT2D eigenvalue weighted by molar-refractivity contribution is -0.139. The molecule has 0 saturated heterocycles. The highest BCUT2D eigenvalue weighted by molar-refractivity contribution is 6.12. The molecule has 11 heteroatoms. The van der Waals surface area contributed by atoms with Gasteiger partial charge in [-0.15, -0.1) is 0 Å². The molecule has 1 N–H and O–H groups in total. The van der Waals surface area contributed by atoms with Gasteiger partial charge in [-0.1, -0.05) is 18.2 Å². The first kappa shape index (κ1) is 21.3. The maximum Gasteiger partial charge on any atom is 0.421 e. The predicted molar refractivity (Wildman–Crippen MR) is 109 cm³/mol. The summed E-state index contributed by atoms with van der Waals surface area (Å²) < 4.78 is 45.8. The number of rotatable bonds is 4. The first-order chi connectivity index (χ1) is 15.2. The van der Waals surface area contributed by atoms with Crippen LogP contribution in [0.15, 0.2) is 48.7 Å². The van der Waals surface area contributed by atoms with Crippen LogP contribution in [-0.4, -0.2) is 40.2 Å². The van der Waals surface area contributed by atoms with Crippen molar-refractivity contribution in [3.63, 3.8) is 0 Å². The fourth-order valence-corrected chi connectivity index (χ4v) is 3.49. The first-order valence-electron chi connectivity index (χ1n) is 9.58. The zero-order valence-electron chi connectivity index (χ0n) is 17.1. The van der Waals surface area contributed by atoms with Crippen molar-refractivity contribution >= 4 is 23.3 Å². The summed E-state index contributed by atoms with van der Waals surface area (Å²) in [5.41, 5.74) is -0.343. The van der Waals surface area contributed by atoms with Crippen molar-refractivity contribution in [3.8, 4) is 5.88 Å². The lowest BCUT2D eigenvalue weighted by atomic mass is 10.1. The van der Waals surface area contributed by atoms with Gasteiger partial charge in [-0.3, -0.25) is 19.2 Å². The van der Waals surface area contributed by atoms with E-state index in [1.54, 1.807) is 37.3 Å². The molecule has 8 nitrogen and oxygen atoms in total. The monoisotopic (exact) mass is 445 g/mol. The highest BCUT2D eigenvalue weighted by Gasteiger charge is 2.38. The van der Waals surface area contributed by atoms with E-state index in [-0.39, 0.29) is 29.8 Å². The van der Waals surface area contributed by atoms with Gasteiger partial charge in [-0.25, -0.2) is 0 Å². The third-order valence-corrected chi connectivity index (χ3v) is 5.01. The number of amides is 2. The molecule has 1 aliphatic heterocycles. The lowest BCUT2D eigenvalue weighted by Gasteiger charge is -2.31. The molecule has 0 radical (unpaired) electrons. The number of nitrogens with one attached hydrogen (secondary N) is 1. The number of carbonyl (C=O) groups excluding carboxylic acids is 2. The first-order valence-corrected chi connectivity index (χ1v) is 9.58. The second-order valence-electron chi connectivity index (χ2n) is 7.16. The number of anilines is 2. The molecular weight excluding hydrogens is 427 g/mol. The second kappa shape index (κ2) is 7.98. The maximum absolute atomic E-state index is 13.3. The predicted octanol–water partition coefficient (Wildman–Crippen LogP) is 3.78. The molecule has 0 unspecified atom stereocenters. The summed E-state index contributed by atoms with van der Waals surface area (Å²) in [5.74, 6) is -1.61. The number of hydrogen-bond donors (Lipinski definition) is 1. The maximum atomic E-state index is 13.3. The summed E-state index contributed by atoms with van der Waals surface area (Å²) >= 11 is 0. The Hall–Kier alpha value is -3.89. The van der Waals surface area contributed by atoms with Crippen LogP contribution in [-0.2, 0) is 6.18 Å². The Kier molecular flexibility index (Phi) is 5.33. The molecule has 1 aliphatic rings. The Morgan fingerprint density at radius 1 is 1.19 bits per heavy atom. The fraction of sp³-hybridized carbons (Fsp3) is 0.238. The molecule has 0 bridgehead atoms. The van der Waals surface area contributed by atoms with Gasteiger partial charge in [-0.05, 0) is 31.2 Å². The van der Waals surface area contributed by atoms with E-state index in [0.29, 0.717) is 5.56 Å². The van der Waals surface area contributed by atoms with Crippen LogP contribution in [0.2, 0.25) is 0 Å². The van der Waals surface area contributed by atoms with Crippen LogP contribution < -0.4 is 15.0 Å². The number of pyridine rings is 1. The molecule has 166 valence electrons.